The van der Waals surface area contributed by atoms with Crippen molar-refractivity contribution in [1.82, 2.24) is 16.0 Å². The molecule has 7 heteroatoms. The number of carbonyl (C=O) groups excluding carboxylic acids is 2. The van der Waals surface area contributed by atoms with Crippen LogP contribution in [0.2, 0.25) is 0 Å². The van der Waals surface area contributed by atoms with Gasteiger partial charge in [-0.2, -0.15) is 0 Å². The van der Waals surface area contributed by atoms with Gasteiger partial charge in [-0.05, 0) is 74.7 Å². The van der Waals surface area contributed by atoms with Gasteiger partial charge in [0.15, 0.2) is 0 Å². The molecule has 1 aromatic heterocycles. The Kier molecular flexibility index (Phi) is 10.2. The molecule has 6 nitrogen and oxygen atoms in total. The third-order valence-electron chi connectivity index (χ3n) is 7.02. The highest BCUT2D eigenvalue weighted by Gasteiger charge is 2.36. The first-order chi connectivity index (χ1) is 19.3. The van der Waals surface area contributed by atoms with Crippen LogP contribution in [0.4, 0.5) is 0 Å². The van der Waals surface area contributed by atoms with E-state index in [-0.39, 0.29) is 11.8 Å². The molecule has 4 rings (SSSR count). The molecular weight excluding hydrogens is 518 g/mol. The molecule has 2 amide bonds. The second-order valence-corrected chi connectivity index (χ2v) is 11.4. The molecule has 4 aromatic rings. The SMILES string of the molecule is Cc1ccc(CCNC(=O)c2cccc(C(=O)N[C@@](C)(c3ccccc3)[C@H](O)CNCCc3ccccc3)c2)s1. The van der Waals surface area contributed by atoms with Gasteiger partial charge in [-0.15, -0.1) is 11.3 Å². The molecule has 0 saturated carbocycles. The van der Waals surface area contributed by atoms with Crippen LogP contribution in [-0.2, 0) is 18.4 Å². The Bertz CT molecular complexity index is 1390. The molecule has 0 bridgehead atoms. The summed E-state index contributed by atoms with van der Waals surface area (Å²) in [4.78, 5) is 28.7. The molecule has 3 aromatic carbocycles. The maximum absolute atomic E-state index is 13.5. The van der Waals surface area contributed by atoms with Crippen molar-refractivity contribution >= 4 is 23.2 Å². The van der Waals surface area contributed by atoms with Gasteiger partial charge in [0.05, 0.1) is 11.6 Å². The fraction of sp³-hybridized carbons (Fsp3) is 0.273. The van der Waals surface area contributed by atoms with Crippen LogP contribution in [-0.4, -0.2) is 42.7 Å². The van der Waals surface area contributed by atoms with Crippen molar-refractivity contribution in [2.24, 2.45) is 0 Å². The van der Waals surface area contributed by atoms with Gasteiger partial charge >= 0.3 is 0 Å². The summed E-state index contributed by atoms with van der Waals surface area (Å²) in [7, 11) is 0. The topological polar surface area (TPSA) is 90.5 Å². The van der Waals surface area contributed by atoms with Crippen molar-refractivity contribution in [3.8, 4) is 0 Å². The summed E-state index contributed by atoms with van der Waals surface area (Å²) in [5.41, 5.74) is 1.72. The predicted molar refractivity (Wildman–Crippen MR) is 162 cm³/mol. The van der Waals surface area contributed by atoms with Crippen molar-refractivity contribution in [2.45, 2.75) is 38.3 Å². The van der Waals surface area contributed by atoms with E-state index in [1.54, 1.807) is 35.6 Å². The van der Waals surface area contributed by atoms with E-state index in [1.807, 2.05) is 55.5 Å². The van der Waals surface area contributed by atoms with Gasteiger partial charge in [-0.1, -0.05) is 66.7 Å². The average molecular weight is 556 g/mol. The minimum absolute atomic E-state index is 0.226. The Morgan fingerprint density at radius 1 is 0.825 bits per heavy atom. The average Bonchev–Trinajstić information content (AvgIpc) is 3.40. The third-order valence-corrected chi connectivity index (χ3v) is 8.08. The molecule has 1 heterocycles. The summed E-state index contributed by atoms with van der Waals surface area (Å²) in [6.45, 7) is 5.40. The lowest BCUT2D eigenvalue weighted by Gasteiger charge is -2.36. The second kappa shape index (κ2) is 14.0. The van der Waals surface area contributed by atoms with Crippen LogP contribution in [0.25, 0.3) is 0 Å². The largest absolute Gasteiger partial charge is 0.389 e. The number of hydrogen-bond donors (Lipinski definition) is 4. The lowest BCUT2D eigenvalue weighted by molar-refractivity contribution is 0.0557. The van der Waals surface area contributed by atoms with E-state index in [2.05, 4.69) is 47.1 Å². The summed E-state index contributed by atoms with van der Waals surface area (Å²) >= 11 is 1.72. The number of rotatable bonds is 13. The molecule has 0 radical (unpaired) electrons. The van der Waals surface area contributed by atoms with Crippen molar-refractivity contribution in [3.05, 3.63) is 129 Å². The monoisotopic (exact) mass is 555 g/mol. The van der Waals surface area contributed by atoms with Crippen LogP contribution in [0.3, 0.4) is 0 Å². The number of carbonyl (C=O) groups is 2. The molecule has 0 aliphatic heterocycles. The first kappa shape index (κ1) is 29.2. The van der Waals surface area contributed by atoms with Crippen LogP contribution in [0, 0.1) is 6.92 Å². The molecule has 0 fully saturated rings. The number of benzene rings is 3. The maximum Gasteiger partial charge on any atom is 0.252 e. The number of hydrogen-bond acceptors (Lipinski definition) is 5. The summed E-state index contributed by atoms with van der Waals surface area (Å²) in [5.74, 6) is -0.588. The van der Waals surface area contributed by atoms with E-state index >= 15 is 0 Å². The number of amides is 2. The number of aliphatic hydroxyl groups is 1. The van der Waals surface area contributed by atoms with Crippen LogP contribution in [0.15, 0.2) is 97.1 Å². The molecular formula is C33H37N3O3S. The molecule has 4 N–H and O–H groups in total. The Hall–Kier alpha value is -3.78. The molecule has 208 valence electrons. The zero-order valence-electron chi connectivity index (χ0n) is 23.0. The summed E-state index contributed by atoms with van der Waals surface area (Å²) in [6.07, 6.45) is 0.697. The highest BCUT2D eigenvalue weighted by Crippen LogP contribution is 2.26. The van der Waals surface area contributed by atoms with E-state index in [4.69, 9.17) is 0 Å². The van der Waals surface area contributed by atoms with Crippen molar-refractivity contribution < 1.29 is 14.7 Å². The maximum atomic E-state index is 13.5. The van der Waals surface area contributed by atoms with E-state index in [0.29, 0.717) is 30.8 Å². The van der Waals surface area contributed by atoms with Crippen LogP contribution < -0.4 is 16.0 Å². The lowest BCUT2D eigenvalue weighted by Crippen LogP contribution is -2.55. The highest BCUT2D eigenvalue weighted by atomic mass is 32.1. The van der Waals surface area contributed by atoms with E-state index in [0.717, 1.165) is 18.4 Å². The number of nitrogens with one attached hydrogen (secondary N) is 3. The molecule has 0 aliphatic carbocycles. The summed E-state index contributed by atoms with van der Waals surface area (Å²) in [6, 6.07) is 30.4. The minimum atomic E-state index is -1.06. The van der Waals surface area contributed by atoms with Crippen LogP contribution in [0.1, 0.15) is 48.5 Å². The van der Waals surface area contributed by atoms with E-state index in [9.17, 15) is 14.7 Å². The zero-order valence-corrected chi connectivity index (χ0v) is 23.8. The van der Waals surface area contributed by atoms with Crippen LogP contribution in [0.5, 0.6) is 0 Å². The van der Waals surface area contributed by atoms with Crippen LogP contribution >= 0.6 is 11.3 Å². The smallest absolute Gasteiger partial charge is 0.252 e. The van der Waals surface area contributed by atoms with Crippen molar-refractivity contribution in [1.29, 1.82) is 0 Å². The molecule has 2 atom stereocenters. The number of aliphatic hydroxyl groups excluding tert-OH is 1. The Morgan fingerprint density at radius 3 is 2.17 bits per heavy atom. The van der Waals surface area contributed by atoms with Gasteiger partial charge in [0.1, 0.15) is 0 Å². The first-order valence-corrected chi connectivity index (χ1v) is 14.4. The molecule has 0 saturated heterocycles. The quantitative estimate of drug-likeness (QED) is 0.177. The Balaban J connectivity index is 1.40. The molecule has 40 heavy (non-hydrogen) atoms. The Labute approximate surface area is 240 Å². The van der Waals surface area contributed by atoms with E-state index in [1.165, 1.54) is 15.3 Å². The predicted octanol–water partition coefficient (Wildman–Crippen LogP) is 4.87. The first-order valence-electron chi connectivity index (χ1n) is 13.6. The van der Waals surface area contributed by atoms with Gasteiger partial charge in [0, 0.05) is 34.0 Å². The third kappa shape index (κ3) is 7.88. The van der Waals surface area contributed by atoms with E-state index < -0.39 is 11.6 Å². The van der Waals surface area contributed by atoms with Crippen molar-refractivity contribution in [3.63, 3.8) is 0 Å². The number of aryl methyl sites for hydroxylation is 1. The van der Waals surface area contributed by atoms with Gasteiger partial charge in [-0.25, -0.2) is 0 Å². The molecule has 0 unspecified atom stereocenters. The molecule has 0 aliphatic rings. The second-order valence-electron chi connectivity index (χ2n) is 10.1. The number of thiophene rings is 1. The lowest BCUT2D eigenvalue weighted by atomic mass is 9.85. The van der Waals surface area contributed by atoms with Gasteiger partial charge in [0.25, 0.3) is 11.8 Å². The van der Waals surface area contributed by atoms with Gasteiger partial charge < -0.3 is 21.1 Å². The zero-order chi connectivity index (χ0) is 28.4. The highest BCUT2D eigenvalue weighted by molar-refractivity contribution is 7.11. The standard InChI is InChI=1S/C33H37N3O3S/c1-24-16-17-29(40-24)19-21-35-31(38)26-12-9-13-27(22-26)32(39)36-33(2,28-14-7-4-8-15-28)30(37)23-34-20-18-25-10-5-3-6-11-25/h3-17,22,30,34,37H,18-21,23H2,1-2H3,(H,35,38)(H,36,39)/t30-,33+/m1/s1. The van der Waals surface area contributed by atoms with Gasteiger partial charge in [-0.3, -0.25) is 9.59 Å². The fourth-order valence-corrected chi connectivity index (χ4v) is 5.47. The fourth-order valence-electron chi connectivity index (χ4n) is 4.58. The summed E-state index contributed by atoms with van der Waals surface area (Å²) in [5, 5.41) is 20.6. The minimum Gasteiger partial charge on any atom is -0.389 e. The molecule has 0 spiro atoms. The Morgan fingerprint density at radius 2 is 1.50 bits per heavy atom. The normalized spacial score (nSPS) is 13.3. The van der Waals surface area contributed by atoms with Crippen molar-refractivity contribution in [2.75, 3.05) is 19.6 Å². The summed E-state index contributed by atoms with van der Waals surface area (Å²) < 4.78 is 0. The van der Waals surface area contributed by atoms with Gasteiger partial charge in [0.2, 0.25) is 0 Å².